The second-order valence-electron chi connectivity index (χ2n) is 8.14. The van der Waals surface area contributed by atoms with Crippen LogP contribution in [0, 0.1) is 0 Å². The van der Waals surface area contributed by atoms with E-state index < -0.39 is 10.0 Å². The molecule has 37 heavy (non-hydrogen) atoms. The lowest BCUT2D eigenvalue weighted by Crippen LogP contribution is -2.34. The molecule has 0 saturated heterocycles. The minimum Gasteiger partial charge on any atom is -0.282 e. The molecule has 0 aliphatic rings. The van der Waals surface area contributed by atoms with E-state index in [9.17, 15) is 13.2 Å². The van der Waals surface area contributed by atoms with E-state index in [1.807, 2.05) is 30.5 Å². The zero-order valence-corrected chi connectivity index (χ0v) is 22.1. The molecule has 8 nitrogen and oxygen atoms in total. The van der Waals surface area contributed by atoms with Gasteiger partial charge in [0.15, 0.2) is 5.13 Å². The van der Waals surface area contributed by atoms with Gasteiger partial charge in [0, 0.05) is 31.5 Å². The molecule has 11 heteroatoms. The third-order valence-corrected chi connectivity index (χ3v) is 8.97. The van der Waals surface area contributed by atoms with Crippen molar-refractivity contribution in [3.8, 4) is 0 Å². The molecule has 0 N–H and O–H groups in total. The van der Waals surface area contributed by atoms with Crippen molar-refractivity contribution >= 4 is 59.9 Å². The summed E-state index contributed by atoms with van der Waals surface area (Å²) in [4.78, 5) is 19.9. The van der Waals surface area contributed by atoms with Gasteiger partial charge in [-0.2, -0.15) is 5.10 Å². The largest absolute Gasteiger partial charge is 0.282 e. The molecule has 2 heterocycles. The Labute approximate surface area is 223 Å². The van der Waals surface area contributed by atoms with E-state index in [0.717, 1.165) is 4.70 Å². The molecule has 0 fully saturated rings. The van der Waals surface area contributed by atoms with Crippen LogP contribution in [0.4, 0.5) is 10.8 Å². The fraction of sp³-hybridized carbons (Fsp3) is 0.115. The number of anilines is 2. The minimum atomic E-state index is -3.80. The molecule has 0 aliphatic carbocycles. The second-order valence-corrected chi connectivity index (χ2v) is 11.5. The maximum absolute atomic E-state index is 13.7. The molecule has 0 saturated carbocycles. The highest BCUT2D eigenvalue weighted by Gasteiger charge is 2.25. The van der Waals surface area contributed by atoms with Gasteiger partial charge in [-0.3, -0.25) is 18.7 Å². The molecular weight excluding hydrogens is 530 g/mol. The maximum atomic E-state index is 13.7. The number of hydrogen-bond acceptors (Lipinski definition) is 6. The van der Waals surface area contributed by atoms with Crippen LogP contribution in [-0.4, -0.2) is 42.7 Å². The number of amides is 1. The molecule has 0 aliphatic heterocycles. The molecule has 0 bridgehead atoms. The lowest BCUT2D eigenvalue weighted by Gasteiger charge is -2.21. The predicted molar refractivity (Wildman–Crippen MR) is 147 cm³/mol. The first kappa shape index (κ1) is 24.9. The zero-order valence-electron chi connectivity index (χ0n) is 19.7. The molecular formula is C26H22ClN5O3S2. The molecule has 5 rings (SSSR count). The number of aromatic nitrogens is 3. The van der Waals surface area contributed by atoms with Gasteiger partial charge in [-0.05, 0) is 54.6 Å². The molecule has 2 aromatic heterocycles. The molecule has 3 aromatic carbocycles. The first-order valence-electron chi connectivity index (χ1n) is 11.3. The number of carbonyl (C=O) groups excluding carboxylic acids is 1. The number of nitrogens with zero attached hydrogens (tertiary/aromatic N) is 5. The van der Waals surface area contributed by atoms with Crippen LogP contribution in [0.2, 0.25) is 5.02 Å². The number of para-hydroxylation sites is 2. The molecule has 5 aromatic rings. The Morgan fingerprint density at radius 2 is 1.76 bits per heavy atom. The summed E-state index contributed by atoms with van der Waals surface area (Å²) < 4.78 is 30.1. The van der Waals surface area contributed by atoms with Gasteiger partial charge in [0.1, 0.15) is 5.52 Å². The number of fused-ring (bicyclic) bond motifs is 1. The SMILES string of the molecule is CN(c1ccccc1)S(=O)(=O)c1ccc(C(=O)N(CCn2cccn2)c2nc3c(Cl)cccc3s2)cc1. The van der Waals surface area contributed by atoms with Crippen molar-refractivity contribution in [2.45, 2.75) is 11.4 Å². The summed E-state index contributed by atoms with van der Waals surface area (Å²) in [7, 11) is -2.30. The Bertz CT molecular complexity index is 1640. The molecule has 188 valence electrons. The van der Waals surface area contributed by atoms with Crippen LogP contribution in [0.1, 0.15) is 10.4 Å². The quantitative estimate of drug-likeness (QED) is 0.260. The Morgan fingerprint density at radius 1 is 1.00 bits per heavy atom. The van der Waals surface area contributed by atoms with Gasteiger partial charge in [0.25, 0.3) is 15.9 Å². The van der Waals surface area contributed by atoms with Crippen LogP contribution < -0.4 is 9.21 Å². The second kappa shape index (κ2) is 10.3. The van der Waals surface area contributed by atoms with Crippen molar-refractivity contribution < 1.29 is 13.2 Å². The highest BCUT2D eigenvalue weighted by Crippen LogP contribution is 2.33. The van der Waals surface area contributed by atoms with Crippen LogP contribution in [-0.2, 0) is 16.6 Å². The van der Waals surface area contributed by atoms with Gasteiger partial charge in [-0.1, -0.05) is 47.2 Å². The summed E-state index contributed by atoms with van der Waals surface area (Å²) in [6.07, 6.45) is 3.50. The molecule has 0 unspecified atom stereocenters. The summed E-state index contributed by atoms with van der Waals surface area (Å²) in [5.74, 6) is -0.303. The number of halogens is 1. The Hall–Kier alpha value is -3.73. The van der Waals surface area contributed by atoms with E-state index in [2.05, 4.69) is 10.1 Å². The van der Waals surface area contributed by atoms with Crippen molar-refractivity contribution in [1.82, 2.24) is 14.8 Å². The number of carbonyl (C=O) groups is 1. The van der Waals surface area contributed by atoms with Gasteiger partial charge >= 0.3 is 0 Å². The van der Waals surface area contributed by atoms with E-state index in [1.165, 1.54) is 47.0 Å². The van der Waals surface area contributed by atoms with Crippen LogP contribution in [0.5, 0.6) is 0 Å². The highest BCUT2D eigenvalue weighted by atomic mass is 35.5. The monoisotopic (exact) mass is 551 g/mol. The Balaban J connectivity index is 1.44. The summed E-state index contributed by atoms with van der Waals surface area (Å²) in [6.45, 7) is 0.769. The fourth-order valence-electron chi connectivity index (χ4n) is 3.80. The lowest BCUT2D eigenvalue weighted by atomic mass is 10.2. The van der Waals surface area contributed by atoms with E-state index in [4.69, 9.17) is 11.6 Å². The average molecular weight is 552 g/mol. The Morgan fingerprint density at radius 3 is 2.43 bits per heavy atom. The average Bonchev–Trinajstić information content (AvgIpc) is 3.60. The van der Waals surface area contributed by atoms with Crippen molar-refractivity contribution in [3.63, 3.8) is 0 Å². The van der Waals surface area contributed by atoms with Crippen molar-refractivity contribution in [2.75, 3.05) is 22.8 Å². The minimum absolute atomic E-state index is 0.0882. The number of sulfonamides is 1. The maximum Gasteiger partial charge on any atom is 0.264 e. The summed E-state index contributed by atoms with van der Waals surface area (Å²) in [5.41, 5.74) is 1.51. The van der Waals surface area contributed by atoms with Gasteiger partial charge in [0.2, 0.25) is 0 Å². The van der Waals surface area contributed by atoms with Gasteiger partial charge in [-0.15, -0.1) is 0 Å². The normalized spacial score (nSPS) is 11.5. The van der Waals surface area contributed by atoms with Crippen LogP contribution in [0.15, 0.2) is 96.2 Å². The van der Waals surface area contributed by atoms with E-state index in [1.54, 1.807) is 46.1 Å². The third kappa shape index (κ3) is 5.08. The van der Waals surface area contributed by atoms with Gasteiger partial charge in [0.05, 0.1) is 26.9 Å². The predicted octanol–water partition coefficient (Wildman–Crippen LogP) is 5.32. The van der Waals surface area contributed by atoms with Crippen molar-refractivity contribution in [2.24, 2.45) is 0 Å². The molecule has 0 atom stereocenters. The van der Waals surface area contributed by atoms with Gasteiger partial charge in [-0.25, -0.2) is 13.4 Å². The third-order valence-electron chi connectivity index (χ3n) is 5.83. The highest BCUT2D eigenvalue weighted by molar-refractivity contribution is 7.92. The molecule has 0 radical (unpaired) electrons. The standard InChI is InChI=1S/C26H22ClN5O3S2/c1-30(20-7-3-2-4-8-20)37(34,35)21-13-11-19(12-14-21)25(33)32(18-17-31-16-6-15-28-31)26-29-24-22(27)9-5-10-23(24)36-26/h2-16H,17-18H2,1H3. The summed E-state index contributed by atoms with van der Waals surface area (Å²) in [6, 6.07) is 22.1. The first-order chi connectivity index (χ1) is 17.8. The van der Waals surface area contributed by atoms with Crippen LogP contribution in [0.25, 0.3) is 10.2 Å². The molecule has 0 spiro atoms. The molecule has 1 amide bonds. The van der Waals surface area contributed by atoms with E-state index in [-0.39, 0.29) is 10.8 Å². The number of thiazole rings is 1. The van der Waals surface area contributed by atoms with Crippen LogP contribution >= 0.6 is 22.9 Å². The number of hydrogen-bond donors (Lipinski definition) is 0. The number of benzene rings is 3. The van der Waals surface area contributed by atoms with E-state index >= 15 is 0 Å². The summed E-state index contributed by atoms with van der Waals surface area (Å²) >= 11 is 7.69. The van der Waals surface area contributed by atoms with E-state index in [0.29, 0.717) is 40.0 Å². The zero-order chi connectivity index (χ0) is 26.0. The number of rotatable bonds is 8. The smallest absolute Gasteiger partial charge is 0.264 e. The van der Waals surface area contributed by atoms with Crippen molar-refractivity contribution in [3.05, 3.63) is 102 Å². The fourth-order valence-corrected chi connectivity index (χ4v) is 6.28. The topological polar surface area (TPSA) is 88.4 Å². The van der Waals surface area contributed by atoms with Gasteiger partial charge < -0.3 is 0 Å². The lowest BCUT2D eigenvalue weighted by molar-refractivity contribution is 0.0985. The van der Waals surface area contributed by atoms with Crippen LogP contribution in [0.3, 0.4) is 0 Å². The Kier molecular flexibility index (Phi) is 6.96. The summed E-state index contributed by atoms with van der Waals surface area (Å²) in [5, 5.41) is 5.23. The van der Waals surface area contributed by atoms with Crippen molar-refractivity contribution in [1.29, 1.82) is 0 Å². The first-order valence-corrected chi connectivity index (χ1v) is 14.0.